The summed E-state index contributed by atoms with van der Waals surface area (Å²) < 4.78 is 15.5. The molecule has 1 aliphatic rings. The van der Waals surface area contributed by atoms with E-state index in [0.29, 0.717) is 29.5 Å². The van der Waals surface area contributed by atoms with Crippen LogP contribution in [0.3, 0.4) is 0 Å². The molecule has 28 heavy (non-hydrogen) atoms. The summed E-state index contributed by atoms with van der Waals surface area (Å²) in [7, 11) is 0. The van der Waals surface area contributed by atoms with Gasteiger partial charge < -0.3 is 9.67 Å². The summed E-state index contributed by atoms with van der Waals surface area (Å²) in [6.07, 6.45) is 5.75. The molecule has 0 saturated heterocycles. The molecule has 0 saturated carbocycles. The van der Waals surface area contributed by atoms with E-state index >= 15 is 0 Å². The Hall–Kier alpha value is -3.55. The van der Waals surface area contributed by atoms with Crippen LogP contribution in [-0.2, 0) is 6.42 Å². The number of nitrogens with one attached hydrogen (secondary N) is 1. The Morgan fingerprint density at radius 1 is 1.46 bits per heavy atom. The lowest BCUT2D eigenvalue weighted by Gasteiger charge is -2.26. The van der Waals surface area contributed by atoms with Crippen molar-refractivity contribution < 1.29 is 14.3 Å². The molecule has 1 amide bonds. The van der Waals surface area contributed by atoms with Gasteiger partial charge in [-0.15, -0.1) is 0 Å². The number of hydrazone groups is 1. The molecule has 2 N–H and O–H groups in total. The Bertz CT molecular complexity index is 1170. The average molecular weight is 380 g/mol. The Morgan fingerprint density at radius 3 is 3.04 bits per heavy atom. The van der Waals surface area contributed by atoms with Crippen LogP contribution in [0.5, 0.6) is 5.75 Å². The zero-order chi connectivity index (χ0) is 19.8. The van der Waals surface area contributed by atoms with Gasteiger partial charge in [-0.2, -0.15) is 5.10 Å². The normalized spacial score (nSPS) is 15.9. The summed E-state index contributed by atoms with van der Waals surface area (Å²) in [5.41, 5.74) is 2.92. The smallest absolute Gasteiger partial charge is 0.280 e. The number of pyridine rings is 2. The van der Waals surface area contributed by atoms with Gasteiger partial charge in [0.15, 0.2) is 0 Å². The van der Waals surface area contributed by atoms with Gasteiger partial charge in [-0.3, -0.25) is 14.6 Å². The molecule has 1 atom stereocenters. The van der Waals surface area contributed by atoms with Crippen LogP contribution in [0, 0.1) is 5.82 Å². The van der Waals surface area contributed by atoms with E-state index in [1.807, 2.05) is 6.92 Å². The van der Waals surface area contributed by atoms with Gasteiger partial charge in [0.25, 0.3) is 11.5 Å². The van der Waals surface area contributed by atoms with E-state index in [4.69, 9.17) is 0 Å². The van der Waals surface area contributed by atoms with Crippen molar-refractivity contribution in [1.29, 1.82) is 0 Å². The van der Waals surface area contributed by atoms with Gasteiger partial charge in [-0.25, -0.2) is 9.82 Å². The summed E-state index contributed by atoms with van der Waals surface area (Å²) in [6, 6.07) is 5.77. The summed E-state index contributed by atoms with van der Waals surface area (Å²) in [4.78, 5) is 29.5. The van der Waals surface area contributed by atoms with Gasteiger partial charge in [0.05, 0.1) is 11.7 Å². The Labute approximate surface area is 159 Å². The van der Waals surface area contributed by atoms with Gasteiger partial charge in [-0.05, 0) is 43.5 Å². The second-order valence-corrected chi connectivity index (χ2v) is 6.73. The van der Waals surface area contributed by atoms with Crippen molar-refractivity contribution in [3.8, 4) is 5.75 Å². The molecule has 142 valence electrons. The highest BCUT2D eigenvalue weighted by Gasteiger charge is 2.28. The maximum atomic E-state index is 14.0. The molecule has 8 heteroatoms. The molecule has 0 aliphatic carbocycles. The minimum absolute atomic E-state index is 0.141. The topological polar surface area (TPSA) is 96.6 Å². The van der Waals surface area contributed by atoms with E-state index in [-0.39, 0.29) is 11.4 Å². The van der Waals surface area contributed by atoms with E-state index in [2.05, 4.69) is 15.5 Å². The number of carbonyl (C=O) groups excluding carboxylic acids is 1. The van der Waals surface area contributed by atoms with E-state index in [9.17, 15) is 19.1 Å². The number of aromatic hydroxyl groups is 1. The van der Waals surface area contributed by atoms with Crippen LogP contribution in [0.2, 0.25) is 0 Å². The Morgan fingerprint density at radius 2 is 2.29 bits per heavy atom. The Kier molecular flexibility index (Phi) is 4.38. The lowest BCUT2D eigenvalue weighted by molar-refractivity contribution is 0.0950. The average Bonchev–Trinajstić information content (AvgIpc) is 2.67. The number of hydrogen-bond acceptors (Lipinski definition) is 5. The number of halogens is 1. The molecular weight excluding hydrogens is 363 g/mol. The molecule has 3 heterocycles. The number of rotatable bonds is 3. The molecule has 7 nitrogen and oxygen atoms in total. The van der Waals surface area contributed by atoms with Crippen molar-refractivity contribution in [2.75, 3.05) is 0 Å². The fourth-order valence-corrected chi connectivity index (χ4v) is 3.56. The quantitative estimate of drug-likeness (QED) is 0.539. The van der Waals surface area contributed by atoms with Gasteiger partial charge in [0.2, 0.25) is 0 Å². The third kappa shape index (κ3) is 2.92. The van der Waals surface area contributed by atoms with Crippen molar-refractivity contribution in [3.05, 3.63) is 69.5 Å². The molecule has 0 radical (unpaired) electrons. The number of nitrogens with zero attached hydrogens (tertiary/aromatic N) is 3. The largest absolute Gasteiger partial charge is 0.506 e. The summed E-state index contributed by atoms with van der Waals surface area (Å²) >= 11 is 0. The van der Waals surface area contributed by atoms with Crippen LogP contribution in [0.1, 0.15) is 40.9 Å². The van der Waals surface area contributed by atoms with Crippen LogP contribution < -0.4 is 11.0 Å². The zero-order valence-corrected chi connectivity index (χ0v) is 15.0. The fraction of sp³-hybridized carbons (Fsp3) is 0.200. The van der Waals surface area contributed by atoms with Crippen molar-refractivity contribution >= 4 is 23.0 Å². The third-order valence-corrected chi connectivity index (χ3v) is 4.88. The molecule has 3 aromatic rings. The van der Waals surface area contributed by atoms with Gasteiger partial charge in [0, 0.05) is 29.4 Å². The molecule has 0 spiro atoms. The maximum absolute atomic E-state index is 14.0. The zero-order valence-electron chi connectivity index (χ0n) is 15.0. The van der Waals surface area contributed by atoms with Crippen LogP contribution in [-0.4, -0.2) is 26.8 Å². The predicted molar refractivity (Wildman–Crippen MR) is 102 cm³/mol. The highest BCUT2D eigenvalue weighted by Crippen LogP contribution is 2.35. The van der Waals surface area contributed by atoms with Crippen LogP contribution in [0.25, 0.3) is 10.9 Å². The molecule has 2 aromatic heterocycles. The number of amides is 1. The number of aryl methyl sites for hydroxylation is 1. The summed E-state index contributed by atoms with van der Waals surface area (Å²) in [5, 5.41) is 14.5. The van der Waals surface area contributed by atoms with Crippen LogP contribution in [0.4, 0.5) is 4.39 Å². The first-order chi connectivity index (χ1) is 13.5. The van der Waals surface area contributed by atoms with E-state index in [0.717, 1.165) is 6.07 Å². The van der Waals surface area contributed by atoms with Crippen molar-refractivity contribution in [2.24, 2.45) is 5.10 Å². The molecule has 4 rings (SSSR count). The van der Waals surface area contributed by atoms with E-state index < -0.39 is 28.6 Å². The monoisotopic (exact) mass is 380 g/mol. The molecule has 1 aliphatic heterocycles. The molecule has 0 bridgehead atoms. The number of aromatic nitrogens is 2. The maximum Gasteiger partial charge on any atom is 0.280 e. The van der Waals surface area contributed by atoms with Crippen molar-refractivity contribution in [3.63, 3.8) is 0 Å². The van der Waals surface area contributed by atoms with Gasteiger partial charge in [0.1, 0.15) is 17.1 Å². The highest BCUT2D eigenvalue weighted by atomic mass is 19.1. The molecular formula is C20H17FN4O3. The number of hydrogen-bond donors (Lipinski definition) is 2. The lowest BCUT2D eigenvalue weighted by Crippen LogP contribution is -2.34. The number of benzene rings is 1. The first-order valence-corrected chi connectivity index (χ1v) is 8.80. The second-order valence-electron chi connectivity index (χ2n) is 6.73. The standard InChI is InChI=1S/C20H17FN4O3/c1-11-4-5-13-7-14(21)8-15-17(13)25(11)20(28)16(18(15)26)19(27)24-23-10-12-3-2-6-22-9-12/h2-3,6-11,26H,4-5H2,1H3,(H,24,27)/b23-10-/t11-/m1/s1. The van der Waals surface area contributed by atoms with Gasteiger partial charge >= 0.3 is 0 Å². The molecule has 0 fully saturated rings. The summed E-state index contributed by atoms with van der Waals surface area (Å²) in [6.45, 7) is 1.85. The van der Waals surface area contributed by atoms with Crippen molar-refractivity contribution in [2.45, 2.75) is 25.8 Å². The Balaban J connectivity index is 1.80. The third-order valence-electron chi connectivity index (χ3n) is 4.88. The minimum atomic E-state index is -0.864. The van der Waals surface area contributed by atoms with Gasteiger partial charge in [-0.1, -0.05) is 6.07 Å². The van der Waals surface area contributed by atoms with Crippen LogP contribution in [0.15, 0.2) is 46.6 Å². The summed E-state index contributed by atoms with van der Waals surface area (Å²) in [5.74, 6) is -1.93. The molecule has 1 aromatic carbocycles. The highest BCUT2D eigenvalue weighted by molar-refractivity contribution is 6.03. The SMILES string of the molecule is C[C@@H]1CCc2cc(F)cc3c(O)c(C(=O)N/N=C\c4cccnc4)c(=O)n1c23. The first-order valence-electron chi connectivity index (χ1n) is 8.80. The lowest BCUT2D eigenvalue weighted by atomic mass is 9.95. The van der Waals surface area contributed by atoms with Crippen molar-refractivity contribution in [1.82, 2.24) is 15.0 Å². The van der Waals surface area contributed by atoms with Crippen LogP contribution >= 0.6 is 0 Å². The second kappa shape index (κ2) is 6.88. The fourth-order valence-electron chi connectivity index (χ4n) is 3.56. The van der Waals surface area contributed by atoms with E-state index in [1.165, 1.54) is 16.8 Å². The first kappa shape index (κ1) is 17.8. The minimum Gasteiger partial charge on any atom is -0.506 e. The molecule has 0 unspecified atom stereocenters. The predicted octanol–water partition coefficient (Wildman–Crippen LogP) is 2.51. The van der Waals surface area contributed by atoms with E-state index in [1.54, 1.807) is 24.5 Å². The number of carbonyl (C=O) groups is 1.